The van der Waals surface area contributed by atoms with Crippen molar-refractivity contribution < 1.29 is 4.74 Å². The zero-order chi connectivity index (χ0) is 13.5. The van der Waals surface area contributed by atoms with Crippen LogP contribution in [0.25, 0.3) is 0 Å². The van der Waals surface area contributed by atoms with Crippen LogP contribution in [0.5, 0.6) is 5.88 Å². The van der Waals surface area contributed by atoms with Gasteiger partial charge in [-0.05, 0) is 37.3 Å². The van der Waals surface area contributed by atoms with Crippen LogP contribution in [-0.4, -0.2) is 24.7 Å². The maximum atomic E-state index is 5.10. The zero-order valence-corrected chi connectivity index (χ0v) is 12.2. The normalized spacial score (nSPS) is 16.9. The van der Waals surface area contributed by atoms with E-state index < -0.39 is 0 Å². The molecule has 0 spiro atoms. The minimum Gasteiger partial charge on any atom is -0.481 e. The number of aromatic nitrogens is 1. The monoisotopic (exact) mass is 262 g/mol. The number of nitrogens with one attached hydrogen (secondary N) is 1. The van der Waals surface area contributed by atoms with Crippen LogP contribution in [0.4, 0.5) is 0 Å². The standard InChI is InChI=1S/C16H26N2O/c1-3-9-17-15(10-13-5-4-6-13)11-14-7-8-16(19-2)18-12-14/h7-8,12-13,15,17H,3-6,9-11H2,1-2H3. The number of pyridine rings is 1. The second kappa shape index (κ2) is 7.49. The van der Waals surface area contributed by atoms with Crippen molar-refractivity contribution in [3.05, 3.63) is 23.9 Å². The molecule has 1 heterocycles. The molecule has 3 nitrogen and oxygen atoms in total. The molecule has 1 aliphatic rings. The molecular weight excluding hydrogens is 236 g/mol. The molecule has 1 aliphatic carbocycles. The van der Waals surface area contributed by atoms with Gasteiger partial charge in [-0.2, -0.15) is 0 Å². The van der Waals surface area contributed by atoms with Gasteiger partial charge in [0.2, 0.25) is 5.88 Å². The minimum atomic E-state index is 0.598. The summed E-state index contributed by atoms with van der Waals surface area (Å²) in [6.07, 6.45) is 9.80. The molecule has 0 saturated heterocycles. The van der Waals surface area contributed by atoms with Crippen LogP contribution in [-0.2, 0) is 6.42 Å². The Morgan fingerprint density at radius 3 is 2.79 bits per heavy atom. The van der Waals surface area contributed by atoms with Crippen LogP contribution < -0.4 is 10.1 Å². The Labute approximate surface area is 116 Å². The average Bonchev–Trinajstić information content (AvgIpc) is 2.40. The maximum absolute atomic E-state index is 5.10. The van der Waals surface area contributed by atoms with Gasteiger partial charge in [0.25, 0.3) is 0 Å². The molecule has 0 aliphatic heterocycles. The Balaban J connectivity index is 1.88. The smallest absolute Gasteiger partial charge is 0.212 e. The Hall–Kier alpha value is -1.09. The van der Waals surface area contributed by atoms with Gasteiger partial charge in [0.05, 0.1) is 7.11 Å². The maximum Gasteiger partial charge on any atom is 0.212 e. The van der Waals surface area contributed by atoms with Crippen LogP contribution in [0, 0.1) is 5.92 Å². The summed E-state index contributed by atoms with van der Waals surface area (Å²) in [6.45, 7) is 3.34. The number of methoxy groups -OCH3 is 1. The van der Waals surface area contributed by atoms with Crippen molar-refractivity contribution in [2.45, 2.75) is 51.5 Å². The van der Waals surface area contributed by atoms with Crippen LogP contribution in [0.2, 0.25) is 0 Å². The molecule has 0 aromatic carbocycles. The van der Waals surface area contributed by atoms with E-state index in [2.05, 4.69) is 23.3 Å². The molecular formula is C16H26N2O. The number of rotatable bonds is 8. The molecule has 1 saturated carbocycles. The van der Waals surface area contributed by atoms with Crippen molar-refractivity contribution >= 4 is 0 Å². The lowest BCUT2D eigenvalue weighted by molar-refractivity contribution is 0.259. The van der Waals surface area contributed by atoms with Crippen LogP contribution >= 0.6 is 0 Å². The third kappa shape index (κ3) is 4.50. The number of ether oxygens (including phenoxy) is 1. The molecule has 0 bridgehead atoms. The van der Waals surface area contributed by atoms with E-state index in [1.165, 1.54) is 37.7 Å². The summed E-state index contributed by atoms with van der Waals surface area (Å²) in [5.74, 6) is 1.64. The molecule has 19 heavy (non-hydrogen) atoms. The number of hydrogen-bond donors (Lipinski definition) is 1. The third-order valence-electron chi connectivity index (χ3n) is 4.01. The van der Waals surface area contributed by atoms with Crippen LogP contribution in [0.15, 0.2) is 18.3 Å². The largest absolute Gasteiger partial charge is 0.481 e. The van der Waals surface area contributed by atoms with Crippen LogP contribution in [0.1, 0.15) is 44.6 Å². The van der Waals surface area contributed by atoms with E-state index in [0.717, 1.165) is 18.9 Å². The molecule has 2 rings (SSSR count). The highest BCUT2D eigenvalue weighted by atomic mass is 16.5. The molecule has 3 heteroatoms. The summed E-state index contributed by atoms with van der Waals surface area (Å²) in [5.41, 5.74) is 1.30. The van der Waals surface area contributed by atoms with Gasteiger partial charge in [-0.15, -0.1) is 0 Å². The summed E-state index contributed by atoms with van der Waals surface area (Å²) in [6, 6.07) is 4.68. The predicted molar refractivity (Wildman–Crippen MR) is 78.5 cm³/mol. The van der Waals surface area contributed by atoms with Gasteiger partial charge in [-0.1, -0.05) is 32.3 Å². The predicted octanol–water partition coefficient (Wildman–Crippen LogP) is 3.19. The lowest BCUT2D eigenvalue weighted by Gasteiger charge is -2.30. The minimum absolute atomic E-state index is 0.598. The highest BCUT2D eigenvalue weighted by Gasteiger charge is 2.22. The van der Waals surface area contributed by atoms with Gasteiger partial charge in [0.1, 0.15) is 0 Å². The SMILES string of the molecule is CCCNC(Cc1ccc(OC)nc1)CC1CCC1. The van der Waals surface area contributed by atoms with Gasteiger partial charge in [0.15, 0.2) is 0 Å². The molecule has 1 N–H and O–H groups in total. The van der Waals surface area contributed by atoms with E-state index in [1.54, 1.807) is 7.11 Å². The van der Waals surface area contributed by atoms with Crippen molar-refractivity contribution in [3.63, 3.8) is 0 Å². The quantitative estimate of drug-likeness (QED) is 0.781. The molecule has 1 unspecified atom stereocenters. The van der Waals surface area contributed by atoms with E-state index in [1.807, 2.05) is 12.3 Å². The van der Waals surface area contributed by atoms with Crippen LogP contribution in [0.3, 0.4) is 0 Å². The first kappa shape index (κ1) is 14.3. The molecule has 1 fully saturated rings. The van der Waals surface area contributed by atoms with E-state index in [4.69, 9.17) is 4.74 Å². The topological polar surface area (TPSA) is 34.1 Å². The first-order valence-electron chi connectivity index (χ1n) is 7.54. The summed E-state index contributed by atoms with van der Waals surface area (Å²) in [4.78, 5) is 4.29. The molecule has 0 amide bonds. The Kier molecular flexibility index (Phi) is 5.64. The lowest BCUT2D eigenvalue weighted by atomic mass is 9.80. The van der Waals surface area contributed by atoms with Gasteiger partial charge >= 0.3 is 0 Å². The summed E-state index contributed by atoms with van der Waals surface area (Å²) >= 11 is 0. The fourth-order valence-electron chi connectivity index (χ4n) is 2.66. The fourth-order valence-corrected chi connectivity index (χ4v) is 2.66. The van der Waals surface area contributed by atoms with Crippen molar-refractivity contribution in [2.75, 3.05) is 13.7 Å². The van der Waals surface area contributed by atoms with Crippen molar-refractivity contribution in [3.8, 4) is 5.88 Å². The second-order valence-electron chi connectivity index (χ2n) is 5.60. The number of nitrogens with zero attached hydrogens (tertiary/aromatic N) is 1. The number of hydrogen-bond acceptors (Lipinski definition) is 3. The van der Waals surface area contributed by atoms with Crippen molar-refractivity contribution in [1.29, 1.82) is 0 Å². The van der Waals surface area contributed by atoms with Gasteiger partial charge in [-0.3, -0.25) is 0 Å². The molecule has 0 radical (unpaired) electrons. The summed E-state index contributed by atoms with van der Waals surface area (Å²) in [5, 5.41) is 3.69. The average molecular weight is 262 g/mol. The van der Waals surface area contributed by atoms with E-state index >= 15 is 0 Å². The third-order valence-corrected chi connectivity index (χ3v) is 4.01. The zero-order valence-electron chi connectivity index (χ0n) is 12.2. The Morgan fingerprint density at radius 1 is 1.42 bits per heavy atom. The first-order valence-corrected chi connectivity index (χ1v) is 7.54. The van der Waals surface area contributed by atoms with Crippen molar-refractivity contribution in [2.24, 2.45) is 5.92 Å². The lowest BCUT2D eigenvalue weighted by Crippen LogP contribution is -2.35. The van der Waals surface area contributed by atoms with Gasteiger partial charge in [0, 0.05) is 18.3 Å². The van der Waals surface area contributed by atoms with E-state index in [0.29, 0.717) is 11.9 Å². The highest BCUT2D eigenvalue weighted by Crippen LogP contribution is 2.31. The molecule has 1 atom stereocenters. The summed E-state index contributed by atoms with van der Waals surface area (Å²) < 4.78 is 5.10. The first-order chi connectivity index (χ1) is 9.31. The fraction of sp³-hybridized carbons (Fsp3) is 0.688. The Bertz CT molecular complexity index is 360. The Morgan fingerprint density at radius 2 is 2.26 bits per heavy atom. The van der Waals surface area contributed by atoms with Gasteiger partial charge < -0.3 is 10.1 Å². The second-order valence-corrected chi connectivity index (χ2v) is 5.60. The molecule has 106 valence electrons. The van der Waals surface area contributed by atoms with Gasteiger partial charge in [-0.25, -0.2) is 4.98 Å². The van der Waals surface area contributed by atoms with E-state index in [-0.39, 0.29) is 0 Å². The highest BCUT2D eigenvalue weighted by molar-refractivity contribution is 5.18. The van der Waals surface area contributed by atoms with E-state index in [9.17, 15) is 0 Å². The van der Waals surface area contributed by atoms with Crippen molar-refractivity contribution in [1.82, 2.24) is 10.3 Å². The molecule has 1 aromatic rings. The molecule has 1 aromatic heterocycles. The summed E-state index contributed by atoms with van der Waals surface area (Å²) in [7, 11) is 1.66.